The minimum absolute atomic E-state index is 0.0647. The molecule has 6 heteroatoms. The number of ether oxygens (including phenoxy) is 1. The molecule has 0 bridgehead atoms. The van der Waals surface area contributed by atoms with Crippen LogP contribution in [0.4, 0.5) is 10.2 Å². The van der Waals surface area contributed by atoms with Crippen molar-refractivity contribution >= 4 is 17.4 Å². The Kier molecular flexibility index (Phi) is 3.56. The average molecular weight is 246 g/mol. The lowest BCUT2D eigenvalue weighted by atomic mass is 10.3. The van der Waals surface area contributed by atoms with Gasteiger partial charge in [0.1, 0.15) is 6.33 Å². The maximum absolute atomic E-state index is 13.8. The van der Waals surface area contributed by atoms with Crippen molar-refractivity contribution < 1.29 is 9.13 Å². The Labute approximate surface area is 98.4 Å². The van der Waals surface area contributed by atoms with Crippen molar-refractivity contribution in [2.45, 2.75) is 13.0 Å². The molecular formula is C10H13ClFN3O. The molecule has 0 aromatic carbocycles. The highest BCUT2D eigenvalue weighted by atomic mass is 35.5. The largest absolute Gasteiger partial charge is 0.373 e. The van der Waals surface area contributed by atoms with Gasteiger partial charge in [-0.05, 0) is 6.92 Å². The SMILES string of the molecule is Cc1ncnc(N2CCOC(CCl)C2)c1F. The number of morpholine rings is 1. The molecule has 1 saturated heterocycles. The van der Waals surface area contributed by atoms with Crippen molar-refractivity contribution in [3.8, 4) is 0 Å². The summed E-state index contributed by atoms with van der Waals surface area (Å²) in [4.78, 5) is 9.62. The monoisotopic (exact) mass is 245 g/mol. The lowest BCUT2D eigenvalue weighted by Crippen LogP contribution is -2.44. The standard InChI is InChI=1S/C10H13ClFN3O/c1-7-9(12)10(14-6-13-7)15-2-3-16-8(4-11)5-15/h6,8H,2-5H2,1H3. The first-order valence-corrected chi connectivity index (χ1v) is 5.65. The number of halogens is 2. The molecule has 16 heavy (non-hydrogen) atoms. The number of anilines is 1. The van der Waals surface area contributed by atoms with E-state index in [1.807, 2.05) is 4.90 Å². The molecule has 0 radical (unpaired) electrons. The van der Waals surface area contributed by atoms with Gasteiger partial charge < -0.3 is 9.64 Å². The van der Waals surface area contributed by atoms with Gasteiger partial charge in [-0.15, -0.1) is 11.6 Å². The minimum Gasteiger partial charge on any atom is -0.373 e. The highest BCUT2D eigenvalue weighted by molar-refractivity contribution is 6.18. The van der Waals surface area contributed by atoms with Crippen molar-refractivity contribution in [1.29, 1.82) is 0 Å². The Morgan fingerprint density at radius 3 is 3.19 bits per heavy atom. The van der Waals surface area contributed by atoms with Gasteiger partial charge in [-0.1, -0.05) is 0 Å². The first kappa shape index (κ1) is 11.5. The zero-order valence-electron chi connectivity index (χ0n) is 8.99. The summed E-state index contributed by atoms with van der Waals surface area (Å²) in [5.74, 6) is 0.381. The summed E-state index contributed by atoms with van der Waals surface area (Å²) in [6, 6.07) is 0. The van der Waals surface area contributed by atoms with Gasteiger partial charge in [0.15, 0.2) is 11.6 Å². The topological polar surface area (TPSA) is 38.2 Å². The van der Waals surface area contributed by atoms with Crippen LogP contribution in [0, 0.1) is 12.7 Å². The number of alkyl halides is 1. The van der Waals surface area contributed by atoms with E-state index in [0.29, 0.717) is 37.1 Å². The van der Waals surface area contributed by atoms with E-state index < -0.39 is 0 Å². The number of aromatic nitrogens is 2. The third kappa shape index (κ3) is 2.25. The van der Waals surface area contributed by atoms with Crippen molar-refractivity contribution in [2.75, 3.05) is 30.5 Å². The van der Waals surface area contributed by atoms with Crippen molar-refractivity contribution in [2.24, 2.45) is 0 Å². The van der Waals surface area contributed by atoms with E-state index >= 15 is 0 Å². The Morgan fingerprint density at radius 2 is 2.44 bits per heavy atom. The second kappa shape index (κ2) is 4.93. The van der Waals surface area contributed by atoms with Crippen LogP contribution < -0.4 is 4.90 Å². The van der Waals surface area contributed by atoms with Gasteiger partial charge in [0.25, 0.3) is 0 Å². The molecule has 0 N–H and O–H groups in total. The minimum atomic E-state index is -0.363. The average Bonchev–Trinajstić information content (AvgIpc) is 2.33. The van der Waals surface area contributed by atoms with Gasteiger partial charge in [-0.3, -0.25) is 0 Å². The van der Waals surface area contributed by atoms with Crippen molar-refractivity contribution in [1.82, 2.24) is 9.97 Å². The Hall–Kier alpha value is -0.940. The van der Waals surface area contributed by atoms with Crippen LogP contribution in [0.2, 0.25) is 0 Å². The molecule has 1 fully saturated rings. The van der Waals surface area contributed by atoms with Crippen LogP contribution >= 0.6 is 11.6 Å². The van der Waals surface area contributed by atoms with Gasteiger partial charge in [-0.2, -0.15) is 0 Å². The lowest BCUT2D eigenvalue weighted by Gasteiger charge is -2.32. The molecule has 0 spiro atoms. The molecular weight excluding hydrogens is 233 g/mol. The van der Waals surface area contributed by atoms with Crippen LogP contribution in [0.25, 0.3) is 0 Å². The molecule has 1 aromatic heterocycles. The number of rotatable bonds is 2. The molecule has 2 rings (SSSR count). The third-order valence-corrected chi connectivity index (χ3v) is 2.90. The zero-order valence-corrected chi connectivity index (χ0v) is 9.74. The second-order valence-electron chi connectivity index (χ2n) is 3.69. The summed E-state index contributed by atoms with van der Waals surface area (Å²) in [6.45, 7) is 3.36. The molecule has 0 amide bonds. The highest BCUT2D eigenvalue weighted by Crippen LogP contribution is 2.20. The fourth-order valence-electron chi connectivity index (χ4n) is 1.67. The van der Waals surface area contributed by atoms with E-state index in [4.69, 9.17) is 16.3 Å². The number of hydrogen-bond donors (Lipinski definition) is 0. The van der Waals surface area contributed by atoms with E-state index in [2.05, 4.69) is 9.97 Å². The summed E-state index contributed by atoms with van der Waals surface area (Å²) in [6.07, 6.45) is 1.31. The number of hydrogen-bond acceptors (Lipinski definition) is 4. The maximum Gasteiger partial charge on any atom is 0.186 e. The molecule has 0 aliphatic carbocycles. The highest BCUT2D eigenvalue weighted by Gasteiger charge is 2.23. The Balaban J connectivity index is 2.20. The van der Waals surface area contributed by atoms with E-state index in [1.165, 1.54) is 6.33 Å². The molecule has 1 atom stereocenters. The van der Waals surface area contributed by atoms with E-state index in [9.17, 15) is 4.39 Å². The first-order valence-electron chi connectivity index (χ1n) is 5.12. The van der Waals surface area contributed by atoms with E-state index in [-0.39, 0.29) is 11.9 Å². The summed E-state index contributed by atoms with van der Waals surface area (Å²) in [5, 5.41) is 0. The van der Waals surface area contributed by atoms with Crippen LogP contribution in [0.15, 0.2) is 6.33 Å². The molecule has 1 aliphatic heterocycles. The van der Waals surface area contributed by atoms with Gasteiger partial charge in [-0.25, -0.2) is 14.4 Å². The molecule has 0 saturated carbocycles. The van der Waals surface area contributed by atoms with Gasteiger partial charge in [0.2, 0.25) is 0 Å². The van der Waals surface area contributed by atoms with Crippen molar-refractivity contribution in [3.63, 3.8) is 0 Å². The fourth-order valence-corrected chi connectivity index (χ4v) is 1.86. The van der Waals surface area contributed by atoms with Crippen LogP contribution in [0.5, 0.6) is 0 Å². The molecule has 1 aliphatic rings. The van der Waals surface area contributed by atoms with Gasteiger partial charge in [0, 0.05) is 13.1 Å². The molecule has 1 aromatic rings. The summed E-state index contributed by atoms with van der Waals surface area (Å²) in [7, 11) is 0. The fraction of sp³-hybridized carbons (Fsp3) is 0.600. The molecule has 1 unspecified atom stereocenters. The van der Waals surface area contributed by atoms with Gasteiger partial charge >= 0.3 is 0 Å². The van der Waals surface area contributed by atoms with Crippen LogP contribution in [0.3, 0.4) is 0 Å². The molecule has 4 nitrogen and oxygen atoms in total. The third-order valence-electron chi connectivity index (χ3n) is 2.56. The first-order chi connectivity index (χ1) is 7.72. The predicted molar refractivity (Wildman–Crippen MR) is 59.4 cm³/mol. The van der Waals surface area contributed by atoms with E-state index in [0.717, 1.165) is 0 Å². The zero-order chi connectivity index (χ0) is 11.5. The van der Waals surface area contributed by atoms with Gasteiger partial charge in [0.05, 0.1) is 24.3 Å². The lowest BCUT2D eigenvalue weighted by molar-refractivity contribution is 0.0549. The second-order valence-corrected chi connectivity index (χ2v) is 4.00. The molecule has 2 heterocycles. The smallest absolute Gasteiger partial charge is 0.186 e. The summed E-state index contributed by atoms with van der Waals surface area (Å²) in [5.41, 5.74) is 0.360. The predicted octanol–water partition coefficient (Wildman–Crippen LogP) is 1.37. The Bertz CT molecular complexity index is 377. The molecule has 88 valence electrons. The normalized spacial score (nSPS) is 21.2. The number of nitrogens with zero attached hydrogens (tertiary/aromatic N) is 3. The van der Waals surface area contributed by atoms with Crippen LogP contribution in [0.1, 0.15) is 5.69 Å². The Morgan fingerprint density at radius 1 is 1.62 bits per heavy atom. The summed E-state index contributed by atoms with van der Waals surface area (Å²) >= 11 is 5.73. The van der Waals surface area contributed by atoms with E-state index in [1.54, 1.807) is 6.92 Å². The number of aryl methyl sites for hydroxylation is 1. The summed E-state index contributed by atoms with van der Waals surface area (Å²) < 4.78 is 19.2. The maximum atomic E-state index is 13.8. The van der Waals surface area contributed by atoms with Crippen molar-refractivity contribution in [3.05, 3.63) is 17.8 Å². The van der Waals surface area contributed by atoms with Crippen LogP contribution in [-0.2, 0) is 4.74 Å². The van der Waals surface area contributed by atoms with Crippen LogP contribution in [-0.4, -0.2) is 41.6 Å². The quantitative estimate of drug-likeness (QED) is 0.738.